The molecule has 2 aliphatic rings. The van der Waals surface area contributed by atoms with Gasteiger partial charge in [0.1, 0.15) is 0 Å². The molecule has 0 aromatic heterocycles. The number of nitrogens with two attached hydrogens (primary N) is 1. The average Bonchev–Trinajstić information content (AvgIpc) is 2.96. The number of hydrogen-bond donors (Lipinski definition) is 1. The molecule has 4 heteroatoms. The molecule has 2 saturated heterocycles. The SMILES string of the molecule is NCC(CC(=O)N1CCCC1)N1CCCC1. The lowest BCUT2D eigenvalue weighted by molar-refractivity contribution is -0.131. The van der Waals surface area contributed by atoms with Gasteiger partial charge in [0.25, 0.3) is 0 Å². The maximum atomic E-state index is 12.0. The molecule has 2 heterocycles. The van der Waals surface area contributed by atoms with Gasteiger partial charge in [0.05, 0.1) is 0 Å². The van der Waals surface area contributed by atoms with E-state index in [1.54, 1.807) is 0 Å². The number of carbonyl (C=O) groups is 1. The summed E-state index contributed by atoms with van der Waals surface area (Å²) in [6.07, 6.45) is 5.48. The van der Waals surface area contributed by atoms with Crippen molar-refractivity contribution >= 4 is 5.91 Å². The molecule has 4 nitrogen and oxygen atoms in total. The monoisotopic (exact) mass is 225 g/mol. The molecule has 1 amide bonds. The number of nitrogens with zero attached hydrogens (tertiary/aromatic N) is 2. The van der Waals surface area contributed by atoms with Crippen molar-refractivity contribution in [1.82, 2.24) is 9.80 Å². The van der Waals surface area contributed by atoms with Crippen LogP contribution in [0.3, 0.4) is 0 Å². The lowest BCUT2D eigenvalue weighted by atomic mass is 10.1. The van der Waals surface area contributed by atoms with Crippen LogP contribution in [0.5, 0.6) is 0 Å². The smallest absolute Gasteiger partial charge is 0.224 e. The second kappa shape index (κ2) is 5.64. The maximum absolute atomic E-state index is 12.0. The Kier molecular flexibility index (Phi) is 4.18. The molecule has 1 atom stereocenters. The number of rotatable bonds is 4. The van der Waals surface area contributed by atoms with Crippen LogP contribution in [0.1, 0.15) is 32.1 Å². The van der Waals surface area contributed by atoms with E-state index < -0.39 is 0 Å². The molecule has 0 aromatic rings. The second-order valence-electron chi connectivity index (χ2n) is 4.92. The minimum absolute atomic E-state index is 0.274. The molecule has 0 saturated carbocycles. The van der Waals surface area contributed by atoms with Crippen LogP contribution in [0.4, 0.5) is 0 Å². The number of likely N-dealkylation sites (tertiary alicyclic amines) is 2. The second-order valence-corrected chi connectivity index (χ2v) is 4.92. The molecule has 2 N–H and O–H groups in total. The van der Waals surface area contributed by atoms with E-state index in [0.717, 1.165) is 26.2 Å². The topological polar surface area (TPSA) is 49.6 Å². The molecule has 0 spiro atoms. The third kappa shape index (κ3) is 2.74. The zero-order chi connectivity index (χ0) is 11.4. The standard InChI is InChI=1S/C12H23N3O/c13-10-11(14-5-1-2-6-14)9-12(16)15-7-3-4-8-15/h11H,1-10,13H2. The van der Waals surface area contributed by atoms with Gasteiger partial charge in [-0.05, 0) is 38.8 Å². The predicted molar refractivity (Wildman–Crippen MR) is 64.1 cm³/mol. The van der Waals surface area contributed by atoms with E-state index in [4.69, 9.17) is 5.73 Å². The van der Waals surface area contributed by atoms with Crippen LogP contribution in [-0.4, -0.2) is 54.5 Å². The third-order valence-corrected chi connectivity index (χ3v) is 3.80. The first-order valence-corrected chi connectivity index (χ1v) is 6.53. The predicted octanol–water partition coefficient (Wildman–Crippen LogP) is 0.422. The Hall–Kier alpha value is -0.610. The fraction of sp³-hybridized carbons (Fsp3) is 0.917. The normalized spacial score (nSPS) is 23.9. The minimum Gasteiger partial charge on any atom is -0.343 e. The minimum atomic E-state index is 0.274. The van der Waals surface area contributed by atoms with Crippen LogP contribution in [-0.2, 0) is 4.79 Å². The van der Waals surface area contributed by atoms with Crippen molar-refractivity contribution in [2.24, 2.45) is 5.73 Å². The molecule has 0 bridgehead atoms. The highest BCUT2D eigenvalue weighted by Gasteiger charge is 2.26. The van der Waals surface area contributed by atoms with Crippen molar-refractivity contribution < 1.29 is 4.79 Å². The molecule has 2 rings (SSSR count). The van der Waals surface area contributed by atoms with Gasteiger partial charge in [-0.15, -0.1) is 0 Å². The average molecular weight is 225 g/mol. The van der Waals surface area contributed by atoms with Gasteiger partial charge < -0.3 is 10.6 Å². The van der Waals surface area contributed by atoms with Crippen LogP contribution < -0.4 is 5.73 Å². The van der Waals surface area contributed by atoms with Crippen LogP contribution in [0.25, 0.3) is 0 Å². The maximum Gasteiger partial charge on any atom is 0.224 e. The highest BCUT2D eigenvalue weighted by Crippen LogP contribution is 2.16. The van der Waals surface area contributed by atoms with Gasteiger partial charge in [-0.2, -0.15) is 0 Å². The lowest BCUT2D eigenvalue weighted by Gasteiger charge is -2.27. The van der Waals surface area contributed by atoms with Crippen molar-refractivity contribution in [2.45, 2.75) is 38.1 Å². The van der Waals surface area contributed by atoms with Gasteiger partial charge in [0.2, 0.25) is 5.91 Å². The Labute approximate surface area is 97.8 Å². The van der Waals surface area contributed by atoms with Crippen LogP contribution in [0.15, 0.2) is 0 Å². The summed E-state index contributed by atoms with van der Waals surface area (Å²) in [6, 6.07) is 0.274. The molecule has 16 heavy (non-hydrogen) atoms. The quantitative estimate of drug-likeness (QED) is 0.754. The van der Waals surface area contributed by atoms with E-state index in [0.29, 0.717) is 18.9 Å². The molecule has 0 aromatic carbocycles. The highest BCUT2D eigenvalue weighted by molar-refractivity contribution is 5.77. The Balaban J connectivity index is 1.82. The third-order valence-electron chi connectivity index (χ3n) is 3.80. The summed E-state index contributed by atoms with van der Waals surface area (Å²) in [4.78, 5) is 16.4. The summed E-state index contributed by atoms with van der Waals surface area (Å²) >= 11 is 0. The summed E-state index contributed by atoms with van der Waals surface area (Å²) < 4.78 is 0. The van der Waals surface area contributed by atoms with E-state index in [2.05, 4.69) is 4.90 Å². The zero-order valence-corrected chi connectivity index (χ0v) is 10.0. The van der Waals surface area contributed by atoms with Crippen molar-refractivity contribution in [1.29, 1.82) is 0 Å². The van der Waals surface area contributed by atoms with Gasteiger partial charge in [-0.3, -0.25) is 9.69 Å². The number of amides is 1. The van der Waals surface area contributed by atoms with Crippen molar-refractivity contribution in [3.63, 3.8) is 0 Å². The first-order valence-electron chi connectivity index (χ1n) is 6.53. The van der Waals surface area contributed by atoms with Crippen molar-refractivity contribution in [3.05, 3.63) is 0 Å². The van der Waals surface area contributed by atoms with Crippen molar-refractivity contribution in [2.75, 3.05) is 32.7 Å². The Bertz CT molecular complexity index is 232. The first-order chi connectivity index (χ1) is 7.81. The van der Waals surface area contributed by atoms with Crippen LogP contribution in [0, 0.1) is 0 Å². The summed E-state index contributed by atoms with van der Waals surface area (Å²) in [5.41, 5.74) is 5.79. The molecule has 0 aliphatic carbocycles. The van der Waals surface area contributed by atoms with E-state index in [9.17, 15) is 4.79 Å². The molecule has 2 aliphatic heterocycles. The lowest BCUT2D eigenvalue weighted by Crippen LogP contribution is -2.43. The van der Waals surface area contributed by atoms with Gasteiger partial charge in [-0.1, -0.05) is 0 Å². The number of carbonyl (C=O) groups excluding carboxylic acids is 1. The van der Waals surface area contributed by atoms with Crippen molar-refractivity contribution in [3.8, 4) is 0 Å². The molecular formula is C12H23N3O. The Morgan fingerprint density at radius 3 is 2.19 bits per heavy atom. The molecule has 2 fully saturated rings. The summed E-state index contributed by atoms with van der Waals surface area (Å²) in [6.45, 7) is 4.76. The summed E-state index contributed by atoms with van der Waals surface area (Å²) in [5.74, 6) is 0.305. The summed E-state index contributed by atoms with van der Waals surface area (Å²) in [5, 5.41) is 0. The molecule has 0 radical (unpaired) electrons. The molecule has 92 valence electrons. The zero-order valence-electron chi connectivity index (χ0n) is 10.0. The molecular weight excluding hydrogens is 202 g/mol. The van der Waals surface area contributed by atoms with E-state index in [1.807, 2.05) is 4.90 Å². The summed E-state index contributed by atoms with van der Waals surface area (Å²) in [7, 11) is 0. The van der Waals surface area contributed by atoms with Crippen LogP contribution >= 0.6 is 0 Å². The molecule has 1 unspecified atom stereocenters. The van der Waals surface area contributed by atoms with Gasteiger partial charge in [-0.25, -0.2) is 0 Å². The fourth-order valence-electron chi connectivity index (χ4n) is 2.77. The van der Waals surface area contributed by atoms with Gasteiger partial charge in [0.15, 0.2) is 0 Å². The van der Waals surface area contributed by atoms with E-state index in [-0.39, 0.29) is 6.04 Å². The largest absolute Gasteiger partial charge is 0.343 e. The van der Waals surface area contributed by atoms with Gasteiger partial charge >= 0.3 is 0 Å². The van der Waals surface area contributed by atoms with Gasteiger partial charge in [0, 0.05) is 32.1 Å². The van der Waals surface area contributed by atoms with E-state index >= 15 is 0 Å². The highest BCUT2D eigenvalue weighted by atomic mass is 16.2. The Morgan fingerprint density at radius 1 is 1.06 bits per heavy atom. The van der Waals surface area contributed by atoms with Crippen LogP contribution in [0.2, 0.25) is 0 Å². The fourth-order valence-corrected chi connectivity index (χ4v) is 2.77. The number of hydrogen-bond acceptors (Lipinski definition) is 3. The first kappa shape index (κ1) is 11.9. The van der Waals surface area contributed by atoms with E-state index in [1.165, 1.54) is 25.7 Å². The Morgan fingerprint density at radius 2 is 1.62 bits per heavy atom.